The highest BCUT2D eigenvalue weighted by Gasteiger charge is 2.43. The number of nitrogens with one attached hydrogen (secondary N) is 1. The molecule has 0 bridgehead atoms. The summed E-state index contributed by atoms with van der Waals surface area (Å²) in [5.74, 6) is -0.0469. The van der Waals surface area contributed by atoms with Crippen LogP contribution in [0.4, 0.5) is 0 Å². The van der Waals surface area contributed by atoms with Crippen molar-refractivity contribution in [3.8, 4) is 11.1 Å². The molecule has 0 spiro atoms. The number of likely N-dealkylation sites (tertiary alicyclic amines) is 1. The molecular formula is C27H29N3O2. The van der Waals surface area contributed by atoms with Crippen LogP contribution in [-0.4, -0.2) is 41.3 Å². The molecule has 1 unspecified atom stereocenters. The number of carbonyl (C=O) groups excluding carboxylic acids is 2. The lowest BCUT2D eigenvalue weighted by Gasteiger charge is -2.42. The Bertz CT molecular complexity index is 1070. The number of hydrogen-bond acceptors (Lipinski definition) is 3. The average molecular weight is 428 g/mol. The zero-order valence-electron chi connectivity index (χ0n) is 18.5. The van der Waals surface area contributed by atoms with Gasteiger partial charge < -0.3 is 10.2 Å². The van der Waals surface area contributed by atoms with Crippen molar-refractivity contribution in [3.63, 3.8) is 0 Å². The number of nitrogens with zero attached hydrogens (tertiary/aromatic N) is 2. The highest BCUT2D eigenvalue weighted by molar-refractivity contribution is 5.94. The summed E-state index contributed by atoms with van der Waals surface area (Å²) in [4.78, 5) is 32.5. The molecule has 32 heavy (non-hydrogen) atoms. The van der Waals surface area contributed by atoms with Crippen molar-refractivity contribution in [2.24, 2.45) is 5.41 Å². The number of rotatable bonds is 6. The number of carbonyl (C=O) groups is 2. The van der Waals surface area contributed by atoms with Gasteiger partial charge >= 0.3 is 0 Å². The van der Waals surface area contributed by atoms with Gasteiger partial charge in [-0.3, -0.25) is 14.6 Å². The number of aromatic nitrogens is 1. The second-order valence-corrected chi connectivity index (χ2v) is 8.41. The van der Waals surface area contributed by atoms with Crippen LogP contribution in [0.15, 0.2) is 79.1 Å². The largest absolute Gasteiger partial charge is 0.356 e. The molecule has 164 valence electrons. The third-order valence-electron chi connectivity index (χ3n) is 6.22. The second-order valence-electron chi connectivity index (χ2n) is 8.41. The van der Waals surface area contributed by atoms with Gasteiger partial charge in [-0.25, -0.2) is 0 Å². The molecule has 2 amide bonds. The fourth-order valence-corrected chi connectivity index (χ4v) is 4.67. The maximum absolute atomic E-state index is 13.4. The monoisotopic (exact) mass is 427 g/mol. The normalized spacial score (nSPS) is 18.2. The number of benzene rings is 2. The average Bonchev–Trinajstić information content (AvgIpc) is 2.85. The van der Waals surface area contributed by atoms with Crippen LogP contribution in [0.1, 0.15) is 35.7 Å². The van der Waals surface area contributed by atoms with Crippen LogP contribution in [0.3, 0.4) is 0 Å². The lowest BCUT2D eigenvalue weighted by molar-refractivity contribution is -0.133. The van der Waals surface area contributed by atoms with Crippen molar-refractivity contribution in [1.82, 2.24) is 15.2 Å². The molecule has 1 N–H and O–H groups in total. The minimum absolute atomic E-state index is 0.0200. The van der Waals surface area contributed by atoms with Gasteiger partial charge in [0.1, 0.15) is 0 Å². The van der Waals surface area contributed by atoms with Crippen LogP contribution in [0.5, 0.6) is 0 Å². The van der Waals surface area contributed by atoms with E-state index in [-0.39, 0.29) is 11.8 Å². The van der Waals surface area contributed by atoms with Gasteiger partial charge in [0.15, 0.2) is 0 Å². The van der Waals surface area contributed by atoms with Gasteiger partial charge in [0, 0.05) is 32.0 Å². The van der Waals surface area contributed by atoms with Gasteiger partial charge in [-0.1, -0.05) is 54.6 Å². The molecule has 3 aromatic rings. The van der Waals surface area contributed by atoms with Gasteiger partial charge in [-0.2, -0.15) is 0 Å². The molecule has 2 aromatic carbocycles. The van der Waals surface area contributed by atoms with Crippen molar-refractivity contribution < 1.29 is 9.59 Å². The fraction of sp³-hybridized carbons (Fsp3) is 0.296. The van der Waals surface area contributed by atoms with Crippen LogP contribution in [0, 0.1) is 5.41 Å². The highest BCUT2D eigenvalue weighted by Crippen LogP contribution is 2.37. The third kappa shape index (κ3) is 4.57. The van der Waals surface area contributed by atoms with Crippen LogP contribution < -0.4 is 5.32 Å². The van der Waals surface area contributed by atoms with Gasteiger partial charge in [0.25, 0.3) is 5.91 Å². The molecule has 2 heterocycles. The van der Waals surface area contributed by atoms with Crippen LogP contribution in [-0.2, 0) is 11.2 Å². The predicted octanol–water partition coefficient (Wildman–Crippen LogP) is 4.35. The first-order valence-electron chi connectivity index (χ1n) is 11.2. The SMILES string of the molecule is CCNC(=O)C1(Cc2ccccc2-c2ccccc2)CCCN(C(=O)c2cccnc2)C1. The fourth-order valence-electron chi connectivity index (χ4n) is 4.67. The van der Waals surface area contributed by atoms with E-state index in [0.29, 0.717) is 31.6 Å². The molecule has 1 saturated heterocycles. The summed E-state index contributed by atoms with van der Waals surface area (Å²) >= 11 is 0. The Labute approximate surface area is 189 Å². The van der Waals surface area contributed by atoms with E-state index in [1.165, 1.54) is 0 Å². The Morgan fingerprint density at radius 3 is 2.56 bits per heavy atom. The van der Waals surface area contributed by atoms with E-state index in [4.69, 9.17) is 0 Å². The first kappa shape index (κ1) is 21.8. The molecule has 1 fully saturated rings. The van der Waals surface area contributed by atoms with Gasteiger partial charge in [0.05, 0.1) is 11.0 Å². The third-order valence-corrected chi connectivity index (χ3v) is 6.22. The van der Waals surface area contributed by atoms with E-state index in [2.05, 4.69) is 34.6 Å². The van der Waals surface area contributed by atoms with Crippen LogP contribution >= 0.6 is 0 Å². The molecule has 1 aliphatic heterocycles. The first-order chi connectivity index (χ1) is 15.6. The zero-order valence-corrected chi connectivity index (χ0v) is 18.5. The summed E-state index contributed by atoms with van der Waals surface area (Å²) in [6.45, 7) is 3.55. The van der Waals surface area contributed by atoms with Gasteiger partial charge in [-0.05, 0) is 55.0 Å². The molecule has 4 rings (SSSR count). The Balaban J connectivity index is 1.68. The second kappa shape index (κ2) is 9.77. The summed E-state index contributed by atoms with van der Waals surface area (Å²) in [5, 5.41) is 3.05. The summed E-state index contributed by atoms with van der Waals surface area (Å²) < 4.78 is 0. The van der Waals surface area contributed by atoms with E-state index in [0.717, 1.165) is 29.5 Å². The Kier molecular flexibility index (Phi) is 6.64. The lowest BCUT2D eigenvalue weighted by atomic mass is 9.73. The minimum Gasteiger partial charge on any atom is -0.356 e. The smallest absolute Gasteiger partial charge is 0.255 e. The Morgan fingerprint density at radius 1 is 1.03 bits per heavy atom. The quantitative estimate of drug-likeness (QED) is 0.636. The molecule has 5 heteroatoms. The van der Waals surface area contributed by atoms with Crippen molar-refractivity contribution in [2.45, 2.75) is 26.2 Å². The van der Waals surface area contributed by atoms with Gasteiger partial charge in [-0.15, -0.1) is 0 Å². The summed E-state index contributed by atoms with van der Waals surface area (Å²) in [6.07, 6.45) is 5.37. The summed E-state index contributed by atoms with van der Waals surface area (Å²) in [7, 11) is 0. The topological polar surface area (TPSA) is 62.3 Å². The van der Waals surface area contributed by atoms with E-state index >= 15 is 0 Å². The molecule has 1 atom stereocenters. The Hall–Kier alpha value is -3.47. The maximum atomic E-state index is 13.4. The molecule has 5 nitrogen and oxygen atoms in total. The van der Waals surface area contributed by atoms with Crippen molar-refractivity contribution >= 4 is 11.8 Å². The zero-order chi connectivity index (χ0) is 22.4. The standard InChI is InChI=1S/C27H29N3O2/c1-2-29-26(32)27(15-9-17-30(20-27)25(31)23-13-8-16-28-19-23)18-22-12-6-7-14-24(22)21-10-4-3-5-11-21/h3-8,10-14,16,19H,2,9,15,17-18,20H2,1H3,(H,29,32). The predicted molar refractivity (Wildman–Crippen MR) is 126 cm³/mol. The molecule has 0 aliphatic carbocycles. The summed E-state index contributed by atoms with van der Waals surface area (Å²) in [5.41, 5.74) is 3.28. The van der Waals surface area contributed by atoms with Crippen LogP contribution in [0.2, 0.25) is 0 Å². The van der Waals surface area contributed by atoms with E-state index < -0.39 is 5.41 Å². The molecule has 0 radical (unpaired) electrons. The van der Waals surface area contributed by atoms with Crippen molar-refractivity contribution in [3.05, 3.63) is 90.3 Å². The number of hydrogen-bond donors (Lipinski definition) is 1. The molecule has 0 saturated carbocycles. The van der Waals surface area contributed by atoms with Crippen molar-refractivity contribution in [1.29, 1.82) is 0 Å². The molecular weight excluding hydrogens is 398 g/mol. The minimum atomic E-state index is -0.670. The van der Waals surface area contributed by atoms with E-state index in [1.807, 2.05) is 42.2 Å². The lowest BCUT2D eigenvalue weighted by Crippen LogP contribution is -2.54. The summed E-state index contributed by atoms with van der Waals surface area (Å²) in [6, 6.07) is 22.1. The highest BCUT2D eigenvalue weighted by atomic mass is 16.2. The van der Waals surface area contributed by atoms with Gasteiger partial charge in [0.2, 0.25) is 5.91 Å². The molecule has 1 aromatic heterocycles. The molecule has 1 aliphatic rings. The number of piperidine rings is 1. The Morgan fingerprint density at radius 2 is 1.81 bits per heavy atom. The number of pyridine rings is 1. The van der Waals surface area contributed by atoms with E-state index in [1.54, 1.807) is 24.5 Å². The first-order valence-corrected chi connectivity index (χ1v) is 11.2. The van der Waals surface area contributed by atoms with Crippen LogP contribution in [0.25, 0.3) is 11.1 Å². The number of amides is 2. The van der Waals surface area contributed by atoms with E-state index in [9.17, 15) is 9.59 Å². The maximum Gasteiger partial charge on any atom is 0.255 e. The van der Waals surface area contributed by atoms with Crippen molar-refractivity contribution in [2.75, 3.05) is 19.6 Å².